The minimum absolute atomic E-state index is 0.0721. The second kappa shape index (κ2) is 7.19. The SMILES string of the molecule is COc1ccc(CCNC(=O)c2nc3cccnc3n(C3CC3)c2=O)cc1. The van der Waals surface area contributed by atoms with Crippen LogP contribution >= 0.6 is 0 Å². The summed E-state index contributed by atoms with van der Waals surface area (Å²) in [6.45, 7) is 0.417. The van der Waals surface area contributed by atoms with Crippen molar-refractivity contribution in [3.8, 4) is 5.75 Å². The molecule has 0 aliphatic heterocycles. The maximum atomic E-state index is 12.8. The van der Waals surface area contributed by atoms with E-state index in [4.69, 9.17) is 4.74 Å². The molecule has 0 bridgehead atoms. The second-order valence-electron chi connectivity index (χ2n) is 6.57. The Morgan fingerprint density at radius 2 is 2.04 bits per heavy atom. The number of fused-ring (bicyclic) bond motifs is 1. The van der Waals surface area contributed by atoms with E-state index in [1.54, 1.807) is 30.0 Å². The minimum atomic E-state index is -0.450. The van der Waals surface area contributed by atoms with Gasteiger partial charge in [0.1, 0.15) is 11.3 Å². The number of carbonyl (C=O) groups excluding carboxylic acids is 1. The lowest BCUT2D eigenvalue weighted by molar-refractivity contribution is 0.0947. The van der Waals surface area contributed by atoms with Gasteiger partial charge in [0.05, 0.1) is 7.11 Å². The van der Waals surface area contributed by atoms with Gasteiger partial charge in [0.2, 0.25) is 0 Å². The molecule has 7 heteroatoms. The van der Waals surface area contributed by atoms with Crippen LogP contribution in [0, 0.1) is 0 Å². The molecule has 0 atom stereocenters. The third kappa shape index (κ3) is 3.53. The summed E-state index contributed by atoms with van der Waals surface area (Å²) in [4.78, 5) is 33.9. The molecule has 1 aliphatic carbocycles. The van der Waals surface area contributed by atoms with Crippen molar-refractivity contribution in [1.82, 2.24) is 19.9 Å². The van der Waals surface area contributed by atoms with Gasteiger partial charge in [-0.2, -0.15) is 0 Å². The van der Waals surface area contributed by atoms with E-state index in [9.17, 15) is 9.59 Å². The Hall–Kier alpha value is -3.22. The van der Waals surface area contributed by atoms with Gasteiger partial charge >= 0.3 is 0 Å². The molecule has 27 heavy (non-hydrogen) atoms. The smallest absolute Gasteiger partial charge is 0.284 e. The number of aromatic nitrogens is 3. The highest BCUT2D eigenvalue weighted by Crippen LogP contribution is 2.35. The monoisotopic (exact) mass is 364 g/mol. The Balaban J connectivity index is 1.52. The summed E-state index contributed by atoms with van der Waals surface area (Å²) in [5.74, 6) is 0.339. The predicted molar refractivity (Wildman–Crippen MR) is 101 cm³/mol. The van der Waals surface area contributed by atoms with Gasteiger partial charge in [-0.3, -0.25) is 14.2 Å². The zero-order chi connectivity index (χ0) is 18.8. The highest BCUT2D eigenvalue weighted by Gasteiger charge is 2.29. The first kappa shape index (κ1) is 17.2. The Kier molecular flexibility index (Phi) is 4.58. The van der Waals surface area contributed by atoms with Gasteiger partial charge in [-0.05, 0) is 49.1 Å². The molecule has 4 rings (SSSR count). The Bertz CT molecular complexity index is 1040. The second-order valence-corrected chi connectivity index (χ2v) is 6.57. The molecular weight excluding hydrogens is 344 g/mol. The first-order valence-electron chi connectivity index (χ1n) is 8.96. The number of nitrogens with one attached hydrogen (secondary N) is 1. The average molecular weight is 364 g/mol. The number of rotatable bonds is 6. The van der Waals surface area contributed by atoms with Gasteiger partial charge in [-0.25, -0.2) is 9.97 Å². The number of ether oxygens (including phenoxy) is 1. The highest BCUT2D eigenvalue weighted by atomic mass is 16.5. The van der Waals surface area contributed by atoms with Gasteiger partial charge in [0.15, 0.2) is 11.3 Å². The van der Waals surface area contributed by atoms with Crippen molar-refractivity contribution in [3.63, 3.8) is 0 Å². The largest absolute Gasteiger partial charge is 0.497 e. The molecule has 3 aromatic rings. The Morgan fingerprint density at radius 1 is 1.26 bits per heavy atom. The van der Waals surface area contributed by atoms with E-state index < -0.39 is 5.91 Å². The van der Waals surface area contributed by atoms with Crippen LogP contribution in [0.2, 0.25) is 0 Å². The molecule has 7 nitrogen and oxygen atoms in total. The standard InChI is InChI=1S/C20H20N4O3/c1-27-15-8-4-13(5-9-15)10-12-22-19(25)17-20(26)24(14-6-7-14)18-16(23-17)3-2-11-21-18/h2-5,8-9,11,14H,6-7,10,12H2,1H3,(H,22,25). The molecule has 0 unspecified atom stereocenters. The normalized spacial score (nSPS) is 13.5. The van der Waals surface area contributed by atoms with Crippen LogP contribution in [0.3, 0.4) is 0 Å². The molecule has 0 radical (unpaired) electrons. The fourth-order valence-electron chi connectivity index (χ4n) is 3.06. The number of hydrogen-bond donors (Lipinski definition) is 1. The molecular formula is C20H20N4O3. The number of amides is 1. The van der Waals surface area contributed by atoms with Crippen LogP contribution in [-0.4, -0.2) is 34.1 Å². The molecule has 2 heterocycles. The summed E-state index contributed by atoms with van der Waals surface area (Å²) in [5, 5.41) is 2.80. The summed E-state index contributed by atoms with van der Waals surface area (Å²) in [5.41, 5.74) is 1.73. The summed E-state index contributed by atoms with van der Waals surface area (Å²) in [7, 11) is 1.62. The van der Waals surface area contributed by atoms with Crippen molar-refractivity contribution in [2.75, 3.05) is 13.7 Å². The Labute approximate surface area is 156 Å². The van der Waals surface area contributed by atoms with E-state index in [2.05, 4.69) is 15.3 Å². The molecule has 1 N–H and O–H groups in total. The van der Waals surface area contributed by atoms with E-state index in [-0.39, 0.29) is 17.3 Å². The van der Waals surface area contributed by atoms with Crippen molar-refractivity contribution in [2.24, 2.45) is 0 Å². The van der Waals surface area contributed by atoms with E-state index >= 15 is 0 Å². The number of pyridine rings is 1. The van der Waals surface area contributed by atoms with Crippen molar-refractivity contribution in [3.05, 3.63) is 64.2 Å². The van der Waals surface area contributed by atoms with Crippen molar-refractivity contribution in [2.45, 2.75) is 25.3 Å². The third-order valence-electron chi connectivity index (χ3n) is 4.63. The molecule has 1 fully saturated rings. The van der Waals surface area contributed by atoms with Crippen LogP contribution in [0.15, 0.2) is 47.4 Å². The van der Waals surface area contributed by atoms with Gasteiger partial charge in [0.25, 0.3) is 11.5 Å². The predicted octanol–water partition coefficient (Wildman–Crippen LogP) is 2.11. The third-order valence-corrected chi connectivity index (χ3v) is 4.63. The molecule has 1 amide bonds. The summed E-state index contributed by atoms with van der Waals surface area (Å²) in [6, 6.07) is 11.3. The van der Waals surface area contributed by atoms with Crippen molar-refractivity contribution in [1.29, 1.82) is 0 Å². The lowest BCUT2D eigenvalue weighted by Gasteiger charge is -2.10. The quantitative estimate of drug-likeness (QED) is 0.724. The van der Waals surface area contributed by atoms with Crippen LogP contribution in [0.5, 0.6) is 5.75 Å². The summed E-state index contributed by atoms with van der Waals surface area (Å²) in [6.07, 6.45) is 4.14. The van der Waals surface area contributed by atoms with Gasteiger partial charge in [-0.1, -0.05) is 12.1 Å². The zero-order valence-electron chi connectivity index (χ0n) is 15.0. The molecule has 1 aliphatic rings. The zero-order valence-corrected chi connectivity index (χ0v) is 15.0. The van der Waals surface area contributed by atoms with Crippen LogP contribution in [0.1, 0.15) is 34.9 Å². The lowest BCUT2D eigenvalue weighted by Crippen LogP contribution is -2.35. The summed E-state index contributed by atoms with van der Waals surface area (Å²) >= 11 is 0. The van der Waals surface area contributed by atoms with E-state index in [1.807, 2.05) is 24.3 Å². The fraction of sp³-hybridized carbons (Fsp3) is 0.300. The first-order chi connectivity index (χ1) is 13.2. The maximum Gasteiger partial charge on any atom is 0.284 e. The van der Waals surface area contributed by atoms with Gasteiger partial charge in [0, 0.05) is 18.8 Å². The van der Waals surface area contributed by atoms with Crippen LogP contribution < -0.4 is 15.6 Å². The molecule has 1 aromatic carbocycles. The van der Waals surface area contributed by atoms with E-state index in [0.29, 0.717) is 24.1 Å². The number of carbonyl (C=O) groups is 1. The summed E-state index contributed by atoms with van der Waals surface area (Å²) < 4.78 is 6.75. The highest BCUT2D eigenvalue weighted by molar-refractivity contribution is 5.93. The van der Waals surface area contributed by atoms with Crippen LogP contribution in [0.4, 0.5) is 0 Å². The number of hydrogen-bond acceptors (Lipinski definition) is 5. The maximum absolute atomic E-state index is 12.8. The van der Waals surface area contributed by atoms with Crippen LogP contribution in [-0.2, 0) is 6.42 Å². The minimum Gasteiger partial charge on any atom is -0.497 e. The van der Waals surface area contributed by atoms with Crippen LogP contribution in [0.25, 0.3) is 11.2 Å². The molecule has 0 spiro atoms. The lowest BCUT2D eigenvalue weighted by atomic mass is 10.1. The number of nitrogens with zero attached hydrogens (tertiary/aromatic N) is 3. The van der Waals surface area contributed by atoms with E-state index in [1.165, 1.54) is 0 Å². The topological polar surface area (TPSA) is 86.1 Å². The first-order valence-corrected chi connectivity index (χ1v) is 8.96. The molecule has 138 valence electrons. The molecule has 1 saturated carbocycles. The molecule has 2 aromatic heterocycles. The number of methoxy groups -OCH3 is 1. The van der Waals surface area contributed by atoms with Gasteiger partial charge in [-0.15, -0.1) is 0 Å². The van der Waals surface area contributed by atoms with Gasteiger partial charge < -0.3 is 10.1 Å². The fourth-order valence-corrected chi connectivity index (χ4v) is 3.06. The number of benzene rings is 1. The average Bonchev–Trinajstić information content (AvgIpc) is 3.53. The molecule has 0 saturated heterocycles. The van der Waals surface area contributed by atoms with Crippen molar-refractivity contribution < 1.29 is 9.53 Å². The van der Waals surface area contributed by atoms with Crippen molar-refractivity contribution >= 4 is 17.1 Å². The van der Waals surface area contributed by atoms with E-state index in [0.717, 1.165) is 24.2 Å². The Morgan fingerprint density at radius 3 is 2.74 bits per heavy atom.